The van der Waals surface area contributed by atoms with Crippen LogP contribution in [0.3, 0.4) is 0 Å². The Labute approximate surface area is 110 Å². The van der Waals surface area contributed by atoms with E-state index in [0.29, 0.717) is 23.4 Å². The van der Waals surface area contributed by atoms with Gasteiger partial charge in [-0.2, -0.15) is 0 Å². The molecule has 100 valence electrons. The summed E-state index contributed by atoms with van der Waals surface area (Å²) in [6.07, 6.45) is 0. The first-order valence-electron chi connectivity index (χ1n) is 5.95. The van der Waals surface area contributed by atoms with Crippen molar-refractivity contribution in [1.82, 2.24) is 0 Å². The highest BCUT2D eigenvalue weighted by molar-refractivity contribution is 5.49. The third-order valence-electron chi connectivity index (χ3n) is 2.93. The van der Waals surface area contributed by atoms with Gasteiger partial charge in [-0.25, -0.2) is 8.78 Å². The van der Waals surface area contributed by atoms with E-state index in [1.165, 1.54) is 18.2 Å². The summed E-state index contributed by atoms with van der Waals surface area (Å²) in [5.41, 5.74) is 1.64. The van der Waals surface area contributed by atoms with Crippen LogP contribution in [0.2, 0.25) is 0 Å². The van der Waals surface area contributed by atoms with Gasteiger partial charge in [-0.05, 0) is 29.8 Å². The standard InChI is InChI=1S/C15H15F2NO/c1-18(9-12-4-2-3-5-15(12)17)14-7-11(10-19)6-13(16)8-14/h2-8,19H,9-10H2,1H3. The SMILES string of the molecule is CN(Cc1ccccc1F)c1cc(F)cc(CO)c1. The number of rotatable bonds is 4. The summed E-state index contributed by atoms with van der Waals surface area (Å²) in [6.45, 7) is 0.110. The van der Waals surface area contributed by atoms with Gasteiger partial charge >= 0.3 is 0 Å². The fraction of sp³-hybridized carbons (Fsp3) is 0.200. The minimum Gasteiger partial charge on any atom is -0.392 e. The number of anilines is 1. The van der Waals surface area contributed by atoms with Gasteiger partial charge in [-0.15, -0.1) is 0 Å². The van der Waals surface area contributed by atoms with Gasteiger partial charge in [0.2, 0.25) is 0 Å². The number of nitrogens with zero attached hydrogens (tertiary/aromatic N) is 1. The Morgan fingerprint density at radius 1 is 1.11 bits per heavy atom. The molecule has 0 saturated heterocycles. The van der Waals surface area contributed by atoms with E-state index in [1.54, 1.807) is 36.2 Å². The summed E-state index contributed by atoms with van der Waals surface area (Å²) in [5, 5.41) is 9.06. The van der Waals surface area contributed by atoms with Crippen molar-refractivity contribution >= 4 is 5.69 Å². The van der Waals surface area contributed by atoms with E-state index in [1.807, 2.05) is 0 Å². The van der Waals surface area contributed by atoms with Crippen molar-refractivity contribution in [3.63, 3.8) is 0 Å². The quantitative estimate of drug-likeness (QED) is 0.916. The molecule has 0 bridgehead atoms. The highest BCUT2D eigenvalue weighted by Gasteiger charge is 2.08. The molecule has 0 amide bonds. The van der Waals surface area contributed by atoms with E-state index in [0.717, 1.165) is 0 Å². The summed E-state index contributed by atoms with van der Waals surface area (Å²) in [6, 6.07) is 10.8. The van der Waals surface area contributed by atoms with Crippen LogP contribution in [0.1, 0.15) is 11.1 Å². The highest BCUT2D eigenvalue weighted by Crippen LogP contribution is 2.20. The lowest BCUT2D eigenvalue weighted by molar-refractivity contribution is 0.281. The van der Waals surface area contributed by atoms with E-state index in [9.17, 15) is 8.78 Å². The second kappa shape index (κ2) is 5.80. The molecule has 2 aromatic rings. The third-order valence-corrected chi connectivity index (χ3v) is 2.93. The largest absolute Gasteiger partial charge is 0.392 e. The van der Waals surface area contributed by atoms with Gasteiger partial charge in [-0.3, -0.25) is 0 Å². The van der Waals surface area contributed by atoms with Crippen molar-refractivity contribution in [3.8, 4) is 0 Å². The number of aliphatic hydroxyl groups excluding tert-OH is 1. The Balaban J connectivity index is 2.22. The monoisotopic (exact) mass is 263 g/mol. The molecule has 0 fully saturated rings. The normalized spacial score (nSPS) is 10.5. The Hall–Kier alpha value is -1.94. The molecule has 1 N–H and O–H groups in total. The molecule has 0 aliphatic carbocycles. The number of halogens is 2. The Bertz CT molecular complexity index is 572. The molecule has 4 heteroatoms. The van der Waals surface area contributed by atoms with Gasteiger partial charge in [0.15, 0.2) is 0 Å². The summed E-state index contributed by atoms with van der Waals surface area (Å²) in [5.74, 6) is -0.699. The predicted molar refractivity (Wildman–Crippen MR) is 70.8 cm³/mol. The summed E-state index contributed by atoms with van der Waals surface area (Å²) < 4.78 is 26.9. The van der Waals surface area contributed by atoms with E-state index >= 15 is 0 Å². The molecule has 2 rings (SSSR count). The summed E-state index contributed by atoms with van der Waals surface area (Å²) in [7, 11) is 1.75. The van der Waals surface area contributed by atoms with Crippen LogP contribution in [0.5, 0.6) is 0 Å². The van der Waals surface area contributed by atoms with Crippen LogP contribution < -0.4 is 4.90 Å². The van der Waals surface area contributed by atoms with Crippen LogP contribution in [0.25, 0.3) is 0 Å². The number of hydrogen-bond acceptors (Lipinski definition) is 2. The number of hydrogen-bond donors (Lipinski definition) is 1. The Morgan fingerprint density at radius 3 is 2.53 bits per heavy atom. The van der Waals surface area contributed by atoms with Crippen molar-refractivity contribution in [2.24, 2.45) is 0 Å². The van der Waals surface area contributed by atoms with Gasteiger partial charge in [0.1, 0.15) is 11.6 Å². The van der Waals surface area contributed by atoms with Gasteiger partial charge in [0.25, 0.3) is 0 Å². The van der Waals surface area contributed by atoms with E-state index in [4.69, 9.17) is 5.11 Å². The zero-order chi connectivity index (χ0) is 13.8. The van der Waals surface area contributed by atoms with E-state index < -0.39 is 5.82 Å². The predicted octanol–water partition coefficient (Wildman–Crippen LogP) is 3.09. The molecule has 0 atom stereocenters. The van der Waals surface area contributed by atoms with E-state index in [2.05, 4.69) is 0 Å². The van der Waals surface area contributed by atoms with Crippen LogP contribution in [-0.2, 0) is 13.2 Å². The van der Waals surface area contributed by atoms with E-state index in [-0.39, 0.29) is 12.4 Å². The van der Waals surface area contributed by atoms with Crippen molar-refractivity contribution in [2.45, 2.75) is 13.2 Å². The first-order valence-corrected chi connectivity index (χ1v) is 5.95. The average molecular weight is 263 g/mol. The fourth-order valence-corrected chi connectivity index (χ4v) is 1.92. The molecule has 0 radical (unpaired) electrons. The molecule has 2 nitrogen and oxygen atoms in total. The first kappa shape index (κ1) is 13.5. The Kier molecular flexibility index (Phi) is 4.12. The molecule has 0 aliphatic heterocycles. The second-order valence-electron chi connectivity index (χ2n) is 4.42. The Morgan fingerprint density at radius 2 is 1.84 bits per heavy atom. The highest BCUT2D eigenvalue weighted by atomic mass is 19.1. The number of benzene rings is 2. The minimum absolute atomic E-state index is 0.224. The maximum absolute atomic E-state index is 13.5. The fourth-order valence-electron chi connectivity index (χ4n) is 1.92. The maximum atomic E-state index is 13.5. The molecular formula is C15H15F2NO. The molecular weight excluding hydrogens is 248 g/mol. The molecule has 19 heavy (non-hydrogen) atoms. The van der Waals surface area contributed by atoms with Gasteiger partial charge in [0.05, 0.1) is 6.61 Å². The van der Waals surface area contributed by atoms with Crippen molar-refractivity contribution in [1.29, 1.82) is 0 Å². The van der Waals surface area contributed by atoms with Crippen molar-refractivity contribution in [3.05, 3.63) is 65.2 Å². The molecule has 0 aliphatic rings. The van der Waals surface area contributed by atoms with Gasteiger partial charge in [0, 0.05) is 24.8 Å². The third kappa shape index (κ3) is 3.29. The molecule has 0 saturated carbocycles. The van der Waals surface area contributed by atoms with Crippen LogP contribution in [0, 0.1) is 11.6 Å². The molecule has 0 spiro atoms. The summed E-state index contributed by atoms with van der Waals surface area (Å²) in [4.78, 5) is 1.74. The average Bonchev–Trinajstić information content (AvgIpc) is 2.40. The maximum Gasteiger partial charge on any atom is 0.128 e. The first-order chi connectivity index (χ1) is 9.10. The van der Waals surface area contributed by atoms with Crippen molar-refractivity contribution < 1.29 is 13.9 Å². The minimum atomic E-state index is -0.415. The lowest BCUT2D eigenvalue weighted by Gasteiger charge is -2.20. The van der Waals surface area contributed by atoms with Crippen LogP contribution >= 0.6 is 0 Å². The van der Waals surface area contributed by atoms with Crippen LogP contribution in [0.4, 0.5) is 14.5 Å². The van der Waals surface area contributed by atoms with Crippen LogP contribution in [0.15, 0.2) is 42.5 Å². The van der Waals surface area contributed by atoms with Gasteiger partial charge < -0.3 is 10.0 Å². The second-order valence-corrected chi connectivity index (χ2v) is 4.42. The zero-order valence-corrected chi connectivity index (χ0v) is 10.6. The molecule has 0 unspecified atom stereocenters. The van der Waals surface area contributed by atoms with Gasteiger partial charge in [-0.1, -0.05) is 18.2 Å². The lowest BCUT2D eigenvalue weighted by Crippen LogP contribution is -2.17. The van der Waals surface area contributed by atoms with Crippen molar-refractivity contribution in [2.75, 3.05) is 11.9 Å². The topological polar surface area (TPSA) is 23.5 Å². The molecule has 2 aromatic carbocycles. The molecule has 0 aromatic heterocycles. The van der Waals surface area contributed by atoms with Crippen LogP contribution in [-0.4, -0.2) is 12.2 Å². The zero-order valence-electron chi connectivity index (χ0n) is 10.6. The smallest absolute Gasteiger partial charge is 0.128 e. The molecule has 0 heterocycles. The number of aliphatic hydroxyl groups is 1. The summed E-state index contributed by atoms with van der Waals surface area (Å²) >= 11 is 0. The lowest BCUT2D eigenvalue weighted by atomic mass is 10.1.